The van der Waals surface area contributed by atoms with Crippen molar-refractivity contribution in [2.24, 2.45) is 0 Å². The molecule has 0 bridgehead atoms. The molecule has 0 aliphatic carbocycles. The van der Waals surface area contributed by atoms with E-state index in [0.29, 0.717) is 12.1 Å². The third-order valence-electron chi connectivity index (χ3n) is 3.46. The van der Waals surface area contributed by atoms with Gasteiger partial charge >= 0.3 is 6.09 Å². The average molecular weight is 286 g/mol. The van der Waals surface area contributed by atoms with Crippen molar-refractivity contribution in [1.82, 2.24) is 10.2 Å². The van der Waals surface area contributed by atoms with Crippen LogP contribution in [-0.4, -0.2) is 53.5 Å². The Kier molecular flexibility index (Phi) is 6.76. The van der Waals surface area contributed by atoms with Crippen LogP contribution in [-0.2, 0) is 4.74 Å². The molecule has 1 rings (SSSR count). The van der Waals surface area contributed by atoms with Crippen molar-refractivity contribution in [3.8, 4) is 0 Å². The summed E-state index contributed by atoms with van der Waals surface area (Å²) in [6, 6.07) is 0.877. The number of piperidine rings is 1. The highest BCUT2D eigenvalue weighted by Crippen LogP contribution is 2.16. The van der Waals surface area contributed by atoms with Gasteiger partial charge in [-0.25, -0.2) is 4.79 Å². The number of ether oxygens (including phenoxy) is 1. The zero-order chi connectivity index (χ0) is 15.2. The van der Waals surface area contributed by atoms with Gasteiger partial charge in [0.25, 0.3) is 0 Å². The Balaban J connectivity index is 2.27. The lowest BCUT2D eigenvalue weighted by atomic mass is 10.0. The number of nitrogens with zero attached hydrogens (tertiary/aromatic N) is 1. The molecule has 5 nitrogen and oxygen atoms in total. The highest BCUT2D eigenvalue weighted by Gasteiger charge is 2.27. The van der Waals surface area contributed by atoms with E-state index in [2.05, 4.69) is 12.2 Å². The molecule has 1 atom stereocenters. The van der Waals surface area contributed by atoms with E-state index in [4.69, 9.17) is 9.84 Å². The van der Waals surface area contributed by atoms with Gasteiger partial charge in [0.05, 0.1) is 0 Å². The molecule has 20 heavy (non-hydrogen) atoms. The Bertz CT molecular complexity index is 294. The Morgan fingerprint density at radius 2 is 2.00 bits per heavy atom. The van der Waals surface area contributed by atoms with Crippen molar-refractivity contribution >= 4 is 6.09 Å². The third kappa shape index (κ3) is 6.57. The van der Waals surface area contributed by atoms with Crippen LogP contribution in [0.15, 0.2) is 0 Å². The minimum absolute atomic E-state index is 0.204. The summed E-state index contributed by atoms with van der Waals surface area (Å²) in [4.78, 5) is 13.7. The molecule has 5 heteroatoms. The van der Waals surface area contributed by atoms with Crippen molar-refractivity contribution in [1.29, 1.82) is 0 Å². The molecule has 1 aliphatic rings. The van der Waals surface area contributed by atoms with E-state index in [0.717, 1.165) is 38.8 Å². The smallest absolute Gasteiger partial charge is 0.410 e. The molecular formula is C15H30N2O3. The fraction of sp³-hybridized carbons (Fsp3) is 0.933. The molecule has 0 aromatic heterocycles. The zero-order valence-corrected chi connectivity index (χ0v) is 13.3. The molecule has 1 unspecified atom stereocenters. The number of carbonyl (C=O) groups excluding carboxylic acids is 1. The van der Waals surface area contributed by atoms with Gasteiger partial charge in [0.1, 0.15) is 5.60 Å². The number of nitrogens with one attached hydrogen (secondary N) is 1. The standard InChI is InChI=1S/C15H30N2O3/c1-12(6-5-11-18)16-13-7-9-17(10-8-13)14(19)20-15(2,3)4/h12-13,16,18H,5-11H2,1-4H3. The number of hydrogen-bond donors (Lipinski definition) is 2. The second kappa shape index (κ2) is 7.84. The Morgan fingerprint density at radius 1 is 1.40 bits per heavy atom. The summed E-state index contributed by atoms with van der Waals surface area (Å²) in [5.74, 6) is 0. The summed E-state index contributed by atoms with van der Waals surface area (Å²) in [6.07, 6.45) is 3.54. The van der Waals surface area contributed by atoms with Gasteiger partial charge in [-0.2, -0.15) is 0 Å². The van der Waals surface area contributed by atoms with E-state index in [-0.39, 0.29) is 12.7 Å². The Morgan fingerprint density at radius 3 is 2.50 bits per heavy atom. The first-order chi connectivity index (χ1) is 9.31. The van der Waals surface area contributed by atoms with E-state index < -0.39 is 5.60 Å². The van der Waals surface area contributed by atoms with Crippen LogP contribution in [0.25, 0.3) is 0 Å². The predicted molar refractivity (Wildman–Crippen MR) is 79.7 cm³/mol. The van der Waals surface area contributed by atoms with E-state index in [9.17, 15) is 4.79 Å². The van der Waals surface area contributed by atoms with E-state index in [1.165, 1.54) is 0 Å². The van der Waals surface area contributed by atoms with Crippen molar-refractivity contribution in [3.05, 3.63) is 0 Å². The molecule has 0 saturated carbocycles. The molecule has 1 heterocycles. The molecular weight excluding hydrogens is 256 g/mol. The van der Waals surface area contributed by atoms with Crippen LogP contribution in [0, 0.1) is 0 Å². The van der Waals surface area contributed by atoms with Crippen LogP contribution in [0.3, 0.4) is 0 Å². The van der Waals surface area contributed by atoms with Crippen LogP contribution in [0.2, 0.25) is 0 Å². The van der Waals surface area contributed by atoms with Gasteiger partial charge in [0, 0.05) is 31.8 Å². The number of likely N-dealkylation sites (tertiary alicyclic amines) is 1. The van der Waals surface area contributed by atoms with Crippen molar-refractivity contribution in [2.45, 2.75) is 71.1 Å². The number of aliphatic hydroxyl groups excluding tert-OH is 1. The highest BCUT2D eigenvalue weighted by atomic mass is 16.6. The van der Waals surface area contributed by atoms with Gasteiger partial charge < -0.3 is 20.1 Å². The largest absolute Gasteiger partial charge is 0.444 e. The lowest BCUT2D eigenvalue weighted by molar-refractivity contribution is 0.0196. The van der Waals surface area contributed by atoms with Crippen LogP contribution < -0.4 is 5.32 Å². The SMILES string of the molecule is CC(CCCO)NC1CCN(C(=O)OC(C)(C)C)CC1. The topological polar surface area (TPSA) is 61.8 Å². The fourth-order valence-corrected chi connectivity index (χ4v) is 2.44. The van der Waals surface area contributed by atoms with Gasteiger partial charge in [-0.15, -0.1) is 0 Å². The normalized spacial score (nSPS) is 18.9. The lowest BCUT2D eigenvalue weighted by Crippen LogP contribution is -2.48. The second-order valence-corrected chi connectivity index (χ2v) is 6.68. The van der Waals surface area contributed by atoms with Gasteiger partial charge in [-0.1, -0.05) is 0 Å². The number of aliphatic hydroxyl groups is 1. The van der Waals surface area contributed by atoms with Crippen LogP contribution in [0.1, 0.15) is 53.4 Å². The zero-order valence-electron chi connectivity index (χ0n) is 13.3. The second-order valence-electron chi connectivity index (χ2n) is 6.68. The van der Waals surface area contributed by atoms with Gasteiger partial charge in [0.15, 0.2) is 0 Å². The molecule has 2 N–H and O–H groups in total. The maximum atomic E-state index is 11.9. The number of carbonyl (C=O) groups is 1. The number of rotatable bonds is 5. The Hall–Kier alpha value is -0.810. The average Bonchev–Trinajstić information content (AvgIpc) is 2.35. The number of amides is 1. The molecule has 0 aromatic carbocycles. The summed E-state index contributed by atoms with van der Waals surface area (Å²) in [7, 11) is 0. The fourth-order valence-electron chi connectivity index (χ4n) is 2.44. The molecule has 118 valence electrons. The maximum absolute atomic E-state index is 11.9. The van der Waals surface area contributed by atoms with Crippen LogP contribution in [0.5, 0.6) is 0 Å². The predicted octanol–water partition coefficient (Wildman–Crippen LogP) is 2.14. The molecule has 1 fully saturated rings. The van der Waals surface area contributed by atoms with E-state index in [1.54, 1.807) is 4.90 Å². The van der Waals surface area contributed by atoms with E-state index in [1.807, 2.05) is 20.8 Å². The van der Waals surface area contributed by atoms with E-state index >= 15 is 0 Å². The Labute approximate surface area is 122 Å². The highest BCUT2D eigenvalue weighted by molar-refractivity contribution is 5.68. The molecule has 1 saturated heterocycles. The lowest BCUT2D eigenvalue weighted by Gasteiger charge is -2.35. The van der Waals surface area contributed by atoms with Gasteiger partial charge in [0.2, 0.25) is 0 Å². The summed E-state index contributed by atoms with van der Waals surface area (Å²) >= 11 is 0. The minimum Gasteiger partial charge on any atom is -0.444 e. The minimum atomic E-state index is -0.426. The van der Waals surface area contributed by atoms with Crippen LogP contribution >= 0.6 is 0 Å². The molecule has 0 radical (unpaired) electrons. The third-order valence-corrected chi connectivity index (χ3v) is 3.46. The first-order valence-electron chi connectivity index (χ1n) is 7.66. The molecule has 1 aliphatic heterocycles. The summed E-state index contributed by atoms with van der Waals surface area (Å²) < 4.78 is 5.39. The quantitative estimate of drug-likeness (QED) is 0.813. The summed E-state index contributed by atoms with van der Waals surface area (Å²) in [6.45, 7) is 9.57. The first kappa shape index (κ1) is 17.2. The molecule has 0 aromatic rings. The van der Waals surface area contributed by atoms with Crippen molar-refractivity contribution in [3.63, 3.8) is 0 Å². The monoisotopic (exact) mass is 286 g/mol. The van der Waals surface area contributed by atoms with Gasteiger partial charge in [-0.3, -0.25) is 0 Å². The van der Waals surface area contributed by atoms with Crippen molar-refractivity contribution in [2.75, 3.05) is 19.7 Å². The van der Waals surface area contributed by atoms with Gasteiger partial charge in [-0.05, 0) is 53.4 Å². The maximum Gasteiger partial charge on any atom is 0.410 e. The van der Waals surface area contributed by atoms with Crippen molar-refractivity contribution < 1.29 is 14.6 Å². The summed E-state index contributed by atoms with van der Waals surface area (Å²) in [5.41, 5.74) is -0.426. The summed E-state index contributed by atoms with van der Waals surface area (Å²) in [5, 5.41) is 12.4. The molecule has 1 amide bonds. The van der Waals surface area contributed by atoms with Crippen LogP contribution in [0.4, 0.5) is 4.79 Å². The molecule has 0 spiro atoms. The number of hydrogen-bond acceptors (Lipinski definition) is 4. The first-order valence-corrected chi connectivity index (χ1v) is 7.66.